The monoisotopic (exact) mass is 316 g/mol. The first kappa shape index (κ1) is 19.1. The Morgan fingerprint density at radius 1 is 1.38 bits per heavy atom. The van der Waals surface area contributed by atoms with Crippen molar-refractivity contribution in [2.45, 2.75) is 32.2 Å². The summed E-state index contributed by atoms with van der Waals surface area (Å²) in [5.41, 5.74) is 10.7. The fourth-order valence-electron chi connectivity index (χ4n) is 1.92. The maximum Gasteiger partial charge on any atom is 0.292 e. The van der Waals surface area contributed by atoms with Gasteiger partial charge in [0, 0.05) is 18.2 Å². The van der Waals surface area contributed by atoms with Crippen LogP contribution < -0.4 is 16.8 Å². The van der Waals surface area contributed by atoms with E-state index < -0.39 is 10.5 Å². The first-order valence-electron chi connectivity index (χ1n) is 6.45. The second-order valence-corrected chi connectivity index (χ2v) is 4.68. The molecule has 1 amide bonds. The molecule has 0 fully saturated rings. The number of benzene rings is 1. The van der Waals surface area contributed by atoms with Gasteiger partial charge in [0.2, 0.25) is 0 Å². The Labute approximate surface area is 129 Å². The SMILES string of the molecule is CCC(CC)(CN)NC(=O)c1ccc(N)c([N+](=O)[O-])c1.Cl. The van der Waals surface area contributed by atoms with Crippen LogP contribution in [-0.2, 0) is 0 Å². The molecule has 0 aliphatic heterocycles. The molecule has 118 valence electrons. The molecular weight excluding hydrogens is 296 g/mol. The van der Waals surface area contributed by atoms with Crippen molar-refractivity contribution in [3.8, 4) is 0 Å². The van der Waals surface area contributed by atoms with Crippen LogP contribution in [-0.4, -0.2) is 22.9 Å². The zero-order valence-corrected chi connectivity index (χ0v) is 12.9. The lowest BCUT2D eigenvalue weighted by Gasteiger charge is -2.31. The summed E-state index contributed by atoms with van der Waals surface area (Å²) in [7, 11) is 0. The van der Waals surface area contributed by atoms with Crippen LogP contribution in [0.3, 0.4) is 0 Å². The van der Waals surface area contributed by atoms with Gasteiger partial charge < -0.3 is 16.8 Å². The van der Waals surface area contributed by atoms with Crippen molar-refractivity contribution in [1.29, 1.82) is 0 Å². The summed E-state index contributed by atoms with van der Waals surface area (Å²) in [4.78, 5) is 22.4. The van der Waals surface area contributed by atoms with Crippen molar-refractivity contribution in [3.63, 3.8) is 0 Å². The van der Waals surface area contributed by atoms with E-state index >= 15 is 0 Å². The van der Waals surface area contributed by atoms with Crippen molar-refractivity contribution >= 4 is 29.7 Å². The molecule has 0 aromatic heterocycles. The summed E-state index contributed by atoms with van der Waals surface area (Å²) in [6, 6.07) is 4.00. The number of anilines is 1. The Morgan fingerprint density at radius 2 is 1.95 bits per heavy atom. The predicted octanol–water partition coefficient (Wildman–Crippen LogP) is 1.85. The molecule has 0 aliphatic carbocycles. The highest BCUT2D eigenvalue weighted by Crippen LogP contribution is 2.23. The fraction of sp³-hybridized carbons (Fsp3) is 0.462. The van der Waals surface area contributed by atoms with Crippen LogP contribution in [0.5, 0.6) is 0 Å². The second kappa shape index (κ2) is 7.80. The topological polar surface area (TPSA) is 124 Å². The molecule has 1 rings (SSSR count). The van der Waals surface area contributed by atoms with Crippen LogP contribution in [0.25, 0.3) is 0 Å². The summed E-state index contributed by atoms with van der Waals surface area (Å²) in [5.74, 6) is -0.387. The minimum Gasteiger partial charge on any atom is -0.393 e. The van der Waals surface area contributed by atoms with Crippen LogP contribution in [0.1, 0.15) is 37.0 Å². The Kier molecular flexibility index (Phi) is 7.11. The summed E-state index contributed by atoms with van der Waals surface area (Å²) in [6.07, 6.45) is 1.37. The van der Waals surface area contributed by atoms with Crippen molar-refractivity contribution in [2.24, 2.45) is 5.73 Å². The zero-order chi connectivity index (χ0) is 15.3. The summed E-state index contributed by atoms with van der Waals surface area (Å²) >= 11 is 0. The number of nitrogens with zero attached hydrogens (tertiary/aromatic N) is 1. The number of halogens is 1. The molecule has 0 atom stereocenters. The number of amides is 1. The van der Waals surface area contributed by atoms with Gasteiger partial charge in [-0.3, -0.25) is 14.9 Å². The van der Waals surface area contributed by atoms with Gasteiger partial charge in [0.15, 0.2) is 0 Å². The number of hydrogen-bond acceptors (Lipinski definition) is 5. The molecule has 7 nitrogen and oxygen atoms in total. The van der Waals surface area contributed by atoms with Crippen LogP contribution in [0.2, 0.25) is 0 Å². The first-order chi connectivity index (χ1) is 9.39. The molecule has 0 spiro atoms. The van der Waals surface area contributed by atoms with E-state index in [1.807, 2.05) is 13.8 Å². The number of nitrogen functional groups attached to an aromatic ring is 1. The number of rotatable bonds is 6. The molecule has 0 aliphatic rings. The van der Waals surface area contributed by atoms with Gasteiger partial charge in [-0.2, -0.15) is 0 Å². The summed E-state index contributed by atoms with van der Waals surface area (Å²) < 4.78 is 0. The van der Waals surface area contributed by atoms with Crippen LogP contribution in [0, 0.1) is 10.1 Å². The first-order valence-corrected chi connectivity index (χ1v) is 6.45. The highest BCUT2D eigenvalue weighted by molar-refractivity contribution is 5.96. The van der Waals surface area contributed by atoms with E-state index in [9.17, 15) is 14.9 Å². The van der Waals surface area contributed by atoms with Crippen molar-refractivity contribution in [2.75, 3.05) is 12.3 Å². The zero-order valence-electron chi connectivity index (χ0n) is 12.1. The number of carbonyl (C=O) groups is 1. The lowest BCUT2D eigenvalue weighted by Crippen LogP contribution is -2.52. The third kappa shape index (κ3) is 4.30. The molecular formula is C13H21ClN4O3. The molecule has 0 saturated carbocycles. The lowest BCUT2D eigenvalue weighted by molar-refractivity contribution is -0.383. The molecule has 0 saturated heterocycles. The number of carbonyl (C=O) groups excluding carboxylic acids is 1. The van der Waals surface area contributed by atoms with Gasteiger partial charge in [-0.25, -0.2) is 0 Å². The largest absolute Gasteiger partial charge is 0.393 e. The Hall–Kier alpha value is -1.86. The minimum atomic E-state index is -0.609. The normalized spacial score (nSPS) is 10.6. The van der Waals surface area contributed by atoms with Crippen molar-refractivity contribution in [3.05, 3.63) is 33.9 Å². The van der Waals surface area contributed by atoms with E-state index in [0.717, 1.165) is 0 Å². The second-order valence-electron chi connectivity index (χ2n) is 4.68. The van der Waals surface area contributed by atoms with Crippen LogP contribution >= 0.6 is 12.4 Å². The molecule has 5 N–H and O–H groups in total. The maximum atomic E-state index is 12.2. The van der Waals surface area contributed by atoms with Crippen molar-refractivity contribution in [1.82, 2.24) is 5.32 Å². The van der Waals surface area contributed by atoms with Gasteiger partial charge >= 0.3 is 0 Å². The molecule has 1 aromatic carbocycles. The maximum absolute atomic E-state index is 12.2. The van der Waals surface area contributed by atoms with E-state index in [2.05, 4.69) is 5.32 Å². The average molecular weight is 317 g/mol. The van der Waals surface area contributed by atoms with E-state index in [0.29, 0.717) is 19.4 Å². The summed E-state index contributed by atoms with van der Waals surface area (Å²) in [6.45, 7) is 4.17. The third-order valence-electron chi connectivity index (χ3n) is 3.61. The lowest BCUT2D eigenvalue weighted by atomic mass is 9.92. The Bertz CT molecular complexity index is 510. The smallest absolute Gasteiger partial charge is 0.292 e. The quantitative estimate of drug-likeness (QED) is 0.419. The number of hydrogen-bond donors (Lipinski definition) is 3. The number of nitrogens with two attached hydrogens (primary N) is 2. The van der Waals surface area contributed by atoms with Gasteiger partial charge in [-0.05, 0) is 25.0 Å². The number of nitro benzene ring substituents is 1. The van der Waals surface area contributed by atoms with Gasteiger partial charge in [-0.15, -0.1) is 12.4 Å². The highest BCUT2D eigenvalue weighted by Gasteiger charge is 2.27. The molecule has 0 bridgehead atoms. The molecule has 0 radical (unpaired) electrons. The van der Waals surface area contributed by atoms with E-state index in [1.54, 1.807) is 0 Å². The fourth-order valence-corrected chi connectivity index (χ4v) is 1.92. The van der Waals surface area contributed by atoms with E-state index in [1.165, 1.54) is 18.2 Å². The highest BCUT2D eigenvalue weighted by atomic mass is 35.5. The molecule has 0 unspecified atom stereocenters. The standard InChI is InChI=1S/C13H20N4O3.ClH/c1-3-13(4-2,8-14)16-12(18)9-5-6-10(15)11(7-9)17(19)20;/h5-7H,3-4,8,14-15H2,1-2H3,(H,16,18);1H. The molecule has 0 heterocycles. The average Bonchev–Trinajstić information content (AvgIpc) is 2.45. The van der Waals surface area contributed by atoms with Gasteiger partial charge in [0.1, 0.15) is 5.69 Å². The minimum absolute atomic E-state index is 0. The van der Waals surface area contributed by atoms with E-state index in [4.69, 9.17) is 11.5 Å². The van der Waals surface area contributed by atoms with Crippen LogP contribution in [0.15, 0.2) is 18.2 Å². The molecule has 8 heteroatoms. The predicted molar refractivity (Wildman–Crippen MR) is 84.6 cm³/mol. The molecule has 21 heavy (non-hydrogen) atoms. The number of nitrogens with one attached hydrogen (secondary N) is 1. The van der Waals surface area contributed by atoms with Gasteiger partial charge in [0.05, 0.1) is 10.5 Å². The van der Waals surface area contributed by atoms with E-state index in [-0.39, 0.29) is 35.3 Å². The Balaban J connectivity index is 0.00000400. The van der Waals surface area contributed by atoms with Gasteiger partial charge in [0.25, 0.3) is 11.6 Å². The molecule has 1 aromatic rings. The third-order valence-corrected chi connectivity index (χ3v) is 3.61. The van der Waals surface area contributed by atoms with Gasteiger partial charge in [-0.1, -0.05) is 13.8 Å². The Morgan fingerprint density at radius 3 is 2.38 bits per heavy atom. The van der Waals surface area contributed by atoms with Crippen LogP contribution in [0.4, 0.5) is 11.4 Å². The number of nitro groups is 1. The summed E-state index contributed by atoms with van der Waals surface area (Å²) in [5, 5.41) is 13.7. The van der Waals surface area contributed by atoms with Crippen molar-refractivity contribution < 1.29 is 9.72 Å².